The maximum absolute atomic E-state index is 13.2. The number of benzene rings is 2. The molecule has 3 aromatic rings. The van der Waals surface area contributed by atoms with Crippen molar-refractivity contribution in [1.29, 1.82) is 0 Å². The van der Waals surface area contributed by atoms with E-state index in [1.54, 1.807) is 4.90 Å². The third kappa shape index (κ3) is 4.54. The van der Waals surface area contributed by atoms with Crippen LogP contribution in [0.1, 0.15) is 30.5 Å². The van der Waals surface area contributed by atoms with Gasteiger partial charge in [0.2, 0.25) is 0 Å². The molecule has 0 aliphatic carbocycles. The highest BCUT2D eigenvalue weighted by Gasteiger charge is 2.25. The standard InChI is InChI=1S/C21H19NO4S/c1-26-17-12-18(21(24)25)27-19(17)20(23)22(13-15-8-4-2-5-9-15)14-16-10-6-3-7-11-16/h2-12H,13-14H2,1H3,(H,24,25). The van der Waals surface area contributed by atoms with Gasteiger partial charge in [0.05, 0.1) is 7.11 Å². The van der Waals surface area contributed by atoms with E-state index in [9.17, 15) is 14.7 Å². The van der Waals surface area contributed by atoms with Crippen molar-refractivity contribution in [2.24, 2.45) is 0 Å². The topological polar surface area (TPSA) is 66.8 Å². The van der Waals surface area contributed by atoms with E-state index in [2.05, 4.69) is 0 Å². The molecule has 1 amide bonds. The van der Waals surface area contributed by atoms with Crippen LogP contribution < -0.4 is 4.74 Å². The number of hydrogen-bond acceptors (Lipinski definition) is 4. The summed E-state index contributed by atoms with van der Waals surface area (Å²) in [4.78, 5) is 26.6. The van der Waals surface area contributed by atoms with Crippen molar-refractivity contribution in [3.63, 3.8) is 0 Å². The fraction of sp³-hybridized carbons (Fsp3) is 0.143. The van der Waals surface area contributed by atoms with Crippen molar-refractivity contribution < 1.29 is 19.4 Å². The van der Waals surface area contributed by atoms with Gasteiger partial charge >= 0.3 is 5.97 Å². The highest BCUT2D eigenvalue weighted by atomic mass is 32.1. The number of carboxylic acids is 1. The molecule has 0 bridgehead atoms. The highest BCUT2D eigenvalue weighted by molar-refractivity contribution is 7.16. The van der Waals surface area contributed by atoms with Crippen LogP contribution in [0, 0.1) is 0 Å². The van der Waals surface area contributed by atoms with Gasteiger partial charge in [0.15, 0.2) is 0 Å². The van der Waals surface area contributed by atoms with Crippen molar-refractivity contribution in [2.45, 2.75) is 13.1 Å². The predicted octanol–water partition coefficient (Wildman–Crippen LogP) is 4.30. The van der Waals surface area contributed by atoms with Gasteiger partial charge in [0, 0.05) is 19.2 Å². The van der Waals surface area contributed by atoms with E-state index in [4.69, 9.17) is 4.74 Å². The SMILES string of the molecule is COc1cc(C(=O)O)sc1C(=O)N(Cc1ccccc1)Cc1ccccc1. The van der Waals surface area contributed by atoms with Gasteiger partial charge in [-0.25, -0.2) is 4.79 Å². The van der Waals surface area contributed by atoms with E-state index in [1.165, 1.54) is 13.2 Å². The van der Waals surface area contributed by atoms with Gasteiger partial charge in [-0.3, -0.25) is 4.79 Å². The fourth-order valence-corrected chi connectivity index (χ4v) is 3.66. The summed E-state index contributed by atoms with van der Waals surface area (Å²) >= 11 is 0.934. The number of carbonyl (C=O) groups is 2. The average Bonchev–Trinajstić information content (AvgIpc) is 3.13. The zero-order valence-corrected chi connectivity index (χ0v) is 15.6. The molecule has 0 atom stereocenters. The second kappa shape index (κ2) is 8.51. The molecule has 1 heterocycles. The zero-order chi connectivity index (χ0) is 19.2. The average molecular weight is 381 g/mol. The number of carboxylic acid groups (broad SMARTS) is 1. The molecule has 138 valence electrons. The highest BCUT2D eigenvalue weighted by Crippen LogP contribution is 2.31. The van der Waals surface area contributed by atoms with Gasteiger partial charge in [0.1, 0.15) is 15.5 Å². The van der Waals surface area contributed by atoms with Gasteiger partial charge in [-0.1, -0.05) is 60.7 Å². The van der Waals surface area contributed by atoms with E-state index in [1.807, 2.05) is 60.7 Å². The van der Waals surface area contributed by atoms with Gasteiger partial charge in [0.25, 0.3) is 5.91 Å². The molecule has 0 fully saturated rings. The van der Waals surface area contributed by atoms with Crippen LogP contribution in [-0.2, 0) is 13.1 Å². The molecule has 0 saturated heterocycles. The number of hydrogen-bond donors (Lipinski definition) is 1. The van der Waals surface area contributed by atoms with Crippen molar-refractivity contribution in [3.8, 4) is 5.75 Å². The molecule has 3 rings (SSSR count). The molecule has 2 aromatic carbocycles. The predicted molar refractivity (Wildman–Crippen MR) is 104 cm³/mol. The minimum Gasteiger partial charge on any atom is -0.495 e. The van der Waals surface area contributed by atoms with Crippen molar-refractivity contribution in [2.75, 3.05) is 7.11 Å². The Balaban J connectivity index is 1.94. The second-order valence-electron chi connectivity index (χ2n) is 5.95. The van der Waals surface area contributed by atoms with Crippen LogP contribution in [0.5, 0.6) is 5.75 Å². The van der Waals surface area contributed by atoms with Gasteiger partial charge in [-0.05, 0) is 11.1 Å². The van der Waals surface area contributed by atoms with Gasteiger partial charge < -0.3 is 14.7 Å². The monoisotopic (exact) mass is 381 g/mol. The van der Waals surface area contributed by atoms with Crippen LogP contribution in [0.3, 0.4) is 0 Å². The summed E-state index contributed by atoms with van der Waals surface area (Å²) in [5.74, 6) is -1.04. The molecular weight excluding hydrogens is 362 g/mol. The molecule has 0 unspecified atom stereocenters. The Bertz CT molecular complexity index is 880. The summed E-state index contributed by atoms with van der Waals surface area (Å²) in [5, 5.41) is 9.24. The van der Waals surface area contributed by atoms with Crippen LogP contribution >= 0.6 is 11.3 Å². The molecule has 1 N–H and O–H groups in total. The molecule has 6 heteroatoms. The number of rotatable bonds is 7. The van der Waals surface area contributed by atoms with Crippen molar-refractivity contribution in [1.82, 2.24) is 4.90 Å². The number of ether oxygens (including phenoxy) is 1. The summed E-state index contributed by atoms with van der Waals surface area (Å²) in [6.45, 7) is 0.829. The Morgan fingerprint density at radius 3 is 1.93 bits per heavy atom. The third-order valence-corrected chi connectivity index (χ3v) is 5.13. The Morgan fingerprint density at radius 1 is 0.963 bits per heavy atom. The van der Waals surface area contributed by atoms with Crippen LogP contribution in [0.25, 0.3) is 0 Å². The molecule has 27 heavy (non-hydrogen) atoms. The normalized spacial score (nSPS) is 10.4. The lowest BCUT2D eigenvalue weighted by Gasteiger charge is -2.23. The Labute approximate surface area is 161 Å². The Kier molecular flexibility index (Phi) is 5.88. The lowest BCUT2D eigenvalue weighted by Crippen LogP contribution is -2.29. The van der Waals surface area contributed by atoms with Gasteiger partial charge in [-0.2, -0.15) is 0 Å². The quantitative estimate of drug-likeness (QED) is 0.663. The summed E-state index contributed by atoms with van der Waals surface area (Å²) in [6, 6.07) is 20.8. The van der Waals surface area contributed by atoms with E-state index >= 15 is 0 Å². The number of methoxy groups -OCH3 is 1. The molecule has 0 spiro atoms. The van der Waals surface area contributed by atoms with E-state index in [0.717, 1.165) is 22.5 Å². The molecule has 1 aromatic heterocycles. The first-order valence-corrected chi connectivity index (χ1v) is 9.18. The second-order valence-corrected chi connectivity index (χ2v) is 7.00. The first kappa shape index (κ1) is 18.7. The lowest BCUT2D eigenvalue weighted by atomic mass is 10.1. The summed E-state index contributed by atoms with van der Waals surface area (Å²) in [5.41, 5.74) is 1.99. The molecular formula is C21H19NO4S. The maximum Gasteiger partial charge on any atom is 0.346 e. The van der Waals surface area contributed by atoms with Gasteiger partial charge in [-0.15, -0.1) is 11.3 Å². The lowest BCUT2D eigenvalue weighted by molar-refractivity contribution is 0.0700. The molecule has 0 radical (unpaired) electrons. The smallest absolute Gasteiger partial charge is 0.346 e. The first-order chi connectivity index (χ1) is 13.1. The number of carbonyl (C=O) groups excluding carboxylic acids is 1. The molecule has 0 aliphatic heterocycles. The number of amides is 1. The van der Waals surface area contributed by atoms with Crippen molar-refractivity contribution >= 4 is 23.2 Å². The minimum atomic E-state index is -1.07. The van der Waals surface area contributed by atoms with Crippen LogP contribution in [0.2, 0.25) is 0 Å². The third-order valence-electron chi connectivity index (χ3n) is 4.04. The zero-order valence-electron chi connectivity index (χ0n) is 14.8. The molecule has 0 aliphatic rings. The van der Waals surface area contributed by atoms with Crippen LogP contribution in [-0.4, -0.2) is 29.0 Å². The maximum atomic E-state index is 13.2. The largest absolute Gasteiger partial charge is 0.495 e. The minimum absolute atomic E-state index is 0.0783. The number of thiophene rings is 1. The molecule has 0 saturated carbocycles. The van der Waals surface area contributed by atoms with Crippen LogP contribution in [0.15, 0.2) is 66.7 Å². The van der Waals surface area contributed by atoms with E-state index < -0.39 is 5.97 Å². The first-order valence-electron chi connectivity index (χ1n) is 8.36. The fourth-order valence-electron chi connectivity index (χ4n) is 2.73. The molecule has 5 nitrogen and oxygen atoms in total. The summed E-state index contributed by atoms with van der Waals surface area (Å²) in [6.07, 6.45) is 0. The van der Waals surface area contributed by atoms with E-state index in [0.29, 0.717) is 18.0 Å². The number of aromatic carboxylic acids is 1. The number of nitrogens with zero attached hydrogens (tertiary/aromatic N) is 1. The summed E-state index contributed by atoms with van der Waals surface area (Å²) < 4.78 is 5.25. The van der Waals surface area contributed by atoms with Crippen LogP contribution in [0.4, 0.5) is 0 Å². The Morgan fingerprint density at radius 2 is 1.48 bits per heavy atom. The summed E-state index contributed by atoms with van der Waals surface area (Å²) in [7, 11) is 1.43. The van der Waals surface area contributed by atoms with E-state index in [-0.39, 0.29) is 16.5 Å². The Hall–Kier alpha value is -3.12. The van der Waals surface area contributed by atoms with Crippen molar-refractivity contribution in [3.05, 3.63) is 87.6 Å².